The maximum atomic E-state index is 11.8. The molecular formula is C19H14Cl2IN3O2. The molecule has 8 heteroatoms. The Bertz CT molecular complexity index is 971. The highest BCUT2D eigenvalue weighted by molar-refractivity contribution is 14.1. The van der Waals surface area contributed by atoms with Crippen LogP contribution in [0.2, 0.25) is 10.0 Å². The highest BCUT2D eigenvalue weighted by Gasteiger charge is 2.09. The summed E-state index contributed by atoms with van der Waals surface area (Å²) in [5.41, 5.74) is 4.00. The number of hydrogen-bond donors (Lipinski definition) is 2. The molecule has 138 valence electrons. The van der Waals surface area contributed by atoms with Gasteiger partial charge in [0.2, 0.25) is 0 Å². The standard InChI is InChI=1S/C19H14Cl2IN3O2/c20-12-1-7-17(21)16(9-12)18-8-6-15(27-18)10-24-25-19(26)11-23-14-4-2-13(22)3-5-14/h1-10,23H,11H2,(H,25,26)/b24-10-. The topological polar surface area (TPSA) is 66.6 Å². The lowest BCUT2D eigenvalue weighted by Gasteiger charge is -2.04. The van der Waals surface area contributed by atoms with Crippen molar-refractivity contribution in [3.05, 3.63) is 74.0 Å². The molecule has 0 saturated carbocycles. The number of amides is 1. The van der Waals surface area contributed by atoms with E-state index in [0.29, 0.717) is 27.1 Å². The van der Waals surface area contributed by atoms with Crippen LogP contribution in [0.25, 0.3) is 11.3 Å². The Morgan fingerprint density at radius 1 is 1.11 bits per heavy atom. The molecule has 3 rings (SSSR count). The summed E-state index contributed by atoms with van der Waals surface area (Å²) in [4.78, 5) is 11.8. The van der Waals surface area contributed by atoms with Crippen LogP contribution in [0.5, 0.6) is 0 Å². The summed E-state index contributed by atoms with van der Waals surface area (Å²) >= 11 is 14.4. The molecule has 0 saturated heterocycles. The molecule has 2 N–H and O–H groups in total. The van der Waals surface area contributed by atoms with Gasteiger partial charge in [-0.05, 0) is 77.2 Å². The van der Waals surface area contributed by atoms with E-state index < -0.39 is 0 Å². The van der Waals surface area contributed by atoms with Crippen LogP contribution in [0.15, 0.2) is 64.1 Å². The molecule has 0 fully saturated rings. The lowest BCUT2D eigenvalue weighted by molar-refractivity contribution is -0.119. The van der Waals surface area contributed by atoms with Crippen LogP contribution in [0.1, 0.15) is 5.76 Å². The second-order valence-corrected chi connectivity index (χ2v) is 7.57. The van der Waals surface area contributed by atoms with Crippen molar-refractivity contribution in [2.75, 3.05) is 11.9 Å². The molecule has 0 aliphatic rings. The average Bonchev–Trinajstić information content (AvgIpc) is 3.12. The van der Waals surface area contributed by atoms with Crippen molar-refractivity contribution in [3.8, 4) is 11.3 Å². The van der Waals surface area contributed by atoms with Crippen molar-refractivity contribution in [2.45, 2.75) is 0 Å². The minimum Gasteiger partial charge on any atom is -0.455 e. The van der Waals surface area contributed by atoms with Crippen molar-refractivity contribution in [3.63, 3.8) is 0 Å². The van der Waals surface area contributed by atoms with E-state index in [9.17, 15) is 4.79 Å². The van der Waals surface area contributed by atoms with Crippen molar-refractivity contribution in [2.24, 2.45) is 5.10 Å². The minimum absolute atomic E-state index is 0.111. The molecular weight excluding hydrogens is 500 g/mol. The normalized spacial score (nSPS) is 10.9. The van der Waals surface area contributed by atoms with E-state index in [4.69, 9.17) is 27.6 Å². The van der Waals surface area contributed by atoms with Crippen molar-refractivity contribution in [1.82, 2.24) is 5.43 Å². The molecule has 0 atom stereocenters. The lowest BCUT2D eigenvalue weighted by Crippen LogP contribution is -2.25. The summed E-state index contributed by atoms with van der Waals surface area (Å²) < 4.78 is 6.80. The van der Waals surface area contributed by atoms with Gasteiger partial charge < -0.3 is 9.73 Å². The van der Waals surface area contributed by atoms with E-state index in [2.05, 4.69) is 38.4 Å². The van der Waals surface area contributed by atoms with Gasteiger partial charge in [-0.2, -0.15) is 5.10 Å². The lowest BCUT2D eigenvalue weighted by atomic mass is 10.2. The van der Waals surface area contributed by atoms with E-state index in [0.717, 1.165) is 9.26 Å². The number of benzene rings is 2. The van der Waals surface area contributed by atoms with E-state index in [-0.39, 0.29) is 12.5 Å². The summed E-state index contributed by atoms with van der Waals surface area (Å²) in [6.45, 7) is 0.111. The van der Waals surface area contributed by atoms with Gasteiger partial charge in [-0.1, -0.05) is 23.2 Å². The number of nitrogens with one attached hydrogen (secondary N) is 2. The molecule has 1 aromatic heterocycles. The fourth-order valence-corrected chi connectivity index (χ4v) is 2.95. The average molecular weight is 514 g/mol. The van der Waals surface area contributed by atoms with E-state index >= 15 is 0 Å². The molecule has 0 aliphatic heterocycles. The van der Waals surface area contributed by atoms with Gasteiger partial charge in [-0.25, -0.2) is 5.43 Å². The molecule has 27 heavy (non-hydrogen) atoms. The molecule has 5 nitrogen and oxygen atoms in total. The summed E-state index contributed by atoms with van der Waals surface area (Å²) in [6, 6.07) is 16.4. The first-order chi connectivity index (χ1) is 13.0. The largest absolute Gasteiger partial charge is 0.455 e. The molecule has 1 heterocycles. The third kappa shape index (κ3) is 5.72. The maximum absolute atomic E-state index is 11.8. The first kappa shape index (κ1) is 19.7. The number of rotatable bonds is 6. The number of hydrazone groups is 1. The molecule has 2 aromatic carbocycles. The van der Waals surface area contributed by atoms with Gasteiger partial charge >= 0.3 is 0 Å². The summed E-state index contributed by atoms with van der Waals surface area (Å²) in [6.07, 6.45) is 1.42. The third-order valence-electron chi connectivity index (χ3n) is 3.50. The van der Waals surface area contributed by atoms with Crippen molar-refractivity contribution >= 4 is 63.6 Å². The van der Waals surface area contributed by atoms with E-state index in [1.807, 2.05) is 24.3 Å². The van der Waals surface area contributed by atoms with Crippen LogP contribution in [-0.4, -0.2) is 18.7 Å². The van der Waals surface area contributed by atoms with Gasteiger partial charge in [0, 0.05) is 19.8 Å². The van der Waals surface area contributed by atoms with Crippen LogP contribution < -0.4 is 10.7 Å². The van der Waals surface area contributed by atoms with Gasteiger partial charge in [0.05, 0.1) is 17.8 Å². The van der Waals surface area contributed by atoms with Gasteiger partial charge in [-0.3, -0.25) is 4.79 Å². The van der Waals surface area contributed by atoms with Crippen molar-refractivity contribution < 1.29 is 9.21 Å². The molecule has 1 amide bonds. The Morgan fingerprint density at radius 2 is 1.89 bits per heavy atom. The second-order valence-electron chi connectivity index (χ2n) is 5.48. The fourth-order valence-electron chi connectivity index (χ4n) is 2.21. The number of hydrogen-bond acceptors (Lipinski definition) is 4. The highest BCUT2D eigenvalue weighted by Crippen LogP contribution is 2.31. The van der Waals surface area contributed by atoms with Crippen LogP contribution in [0, 0.1) is 3.57 Å². The van der Waals surface area contributed by atoms with Gasteiger partial charge in [-0.15, -0.1) is 0 Å². The number of halogens is 3. The molecule has 0 aliphatic carbocycles. The first-order valence-electron chi connectivity index (χ1n) is 7.88. The number of carbonyl (C=O) groups excluding carboxylic acids is 1. The van der Waals surface area contributed by atoms with Crippen LogP contribution in [-0.2, 0) is 4.79 Å². The molecule has 0 spiro atoms. The summed E-state index contributed by atoms with van der Waals surface area (Å²) in [7, 11) is 0. The summed E-state index contributed by atoms with van der Waals surface area (Å²) in [5.74, 6) is 0.775. The predicted molar refractivity (Wildman–Crippen MR) is 118 cm³/mol. The number of carbonyl (C=O) groups is 1. The van der Waals surface area contributed by atoms with E-state index in [1.54, 1.807) is 30.3 Å². The molecule has 0 radical (unpaired) electrons. The van der Waals surface area contributed by atoms with Crippen molar-refractivity contribution in [1.29, 1.82) is 0 Å². The Hall–Kier alpha value is -2.03. The first-order valence-corrected chi connectivity index (χ1v) is 9.71. The van der Waals surface area contributed by atoms with Crippen LogP contribution in [0.4, 0.5) is 5.69 Å². The molecule has 0 unspecified atom stereocenters. The van der Waals surface area contributed by atoms with Crippen LogP contribution >= 0.6 is 45.8 Å². The monoisotopic (exact) mass is 513 g/mol. The highest BCUT2D eigenvalue weighted by atomic mass is 127. The number of furan rings is 1. The zero-order valence-corrected chi connectivity index (χ0v) is 17.5. The Kier molecular flexibility index (Phi) is 6.76. The third-order valence-corrected chi connectivity index (χ3v) is 4.78. The molecule has 3 aromatic rings. The van der Waals surface area contributed by atoms with E-state index in [1.165, 1.54) is 6.21 Å². The molecule has 0 bridgehead atoms. The van der Waals surface area contributed by atoms with Gasteiger partial charge in [0.15, 0.2) is 0 Å². The number of anilines is 1. The zero-order valence-electron chi connectivity index (χ0n) is 13.9. The Morgan fingerprint density at radius 3 is 2.67 bits per heavy atom. The van der Waals surface area contributed by atoms with Gasteiger partial charge in [0.1, 0.15) is 11.5 Å². The SMILES string of the molecule is O=C(CNc1ccc(I)cc1)N/N=C\c1ccc(-c2cc(Cl)ccc2Cl)o1. The fraction of sp³-hybridized carbons (Fsp3) is 0.0526. The zero-order chi connectivity index (χ0) is 19.2. The summed E-state index contributed by atoms with van der Waals surface area (Å²) in [5, 5.41) is 8.01. The minimum atomic E-state index is -0.269. The Balaban J connectivity index is 1.54. The predicted octanol–water partition coefficient (Wildman–Crippen LogP) is 5.42. The number of nitrogens with zero attached hydrogens (tertiary/aromatic N) is 1. The van der Waals surface area contributed by atoms with Crippen LogP contribution in [0.3, 0.4) is 0 Å². The Labute approximate surface area is 179 Å². The second kappa shape index (κ2) is 9.25. The maximum Gasteiger partial charge on any atom is 0.259 e. The van der Waals surface area contributed by atoms with Gasteiger partial charge in [0.25, 0.3) is 5.91 Å². The quantitative estimate of drug-likeness (QED) is 0.263. The smallest absolute Gasteiger partial charge is 0.259 e.